The maximum atomic E-state index is 12.5. The number of hydrogen-bond donors (Lipinski definition) is 1. The lowest BCUT2D eigenvalue weighted by atomic mass is 10.0. The Balaban J connectivity index is 1.61. The number of hydrogen-bond acceptors (Lipinski definition) is 2. The van der Waals surface area contributed by atoms with Crippen LogP contribution in [0.3, 0.4) is 0 Å². The number of benzene rings is 2. The Hall–Kier alpha value is -2.13. The molecule has 1 heterocycles. The number of likely N-dealkylation sites (tertiary alicyclic amines) is 1. The smallest absolute Gasteiger partial charge is 0.238 e. The molecule has 0 atom stereocenters. The molecule has 1 aliphatic heterocycles. The zero-order valence-electron chi connectivity index (χ0n) is 14.9. The van der Waals surface area contributed by atoms with E-state index < -0.39 is 0 Å². The van der Waals surface area contributed by atoms with Crippen molar-refractivity contribution in [2.45, 2.75) is 38.5 Å². The highest BCUT2D eigenvalue weighted by Gasteiger charge is 2.13. The van der Waals surface area contributed by atoms with Crippen LogP contribution in [0, 0.1) is 0 Å². The number of amides is 1. The van der Waals surface area contributed by atoms with E-state index in [0.29, 0.717) is 6.54 Å². The molecule has 0 unspecified atom stereocenters. The van der Waals surface area contributed by atoms with Crippen LogP contribution in [0.2, 0.25) is 0 Å². The fraction of sp³-hybridized carbons (Fsp3) is 0.409. The molecule has 1 saturated heterocycles. The monoisotopic (exact) mass is 336 g/mol. The van der Waals surface area contributed by atoms with Crippen LogP contribution in [0.25, 0.3) is 0 Å². The predicted molar refractivity (Wildman–Crippen MR) is 104 cm³/mol. The van der Waals surface area contributed by atoms with E-state index in [1.807, 2.05) is 24.3 Å². The van der Waals surface area contributed by atoms with Crippen LogP contribution in [-0.4, -0.2) is 30.4 Å². The van der Waals surface area contributed by atoms with E-state index in [1.165, 1.54) is 37.7 Å². The first-order valence-corrected chi connectivity index (χ1v) is 9.45. The van der Waals surface area contributed by atoms with Crippen LogP contribution in [-0.2, 0) is 11.2 Å². The van der Waals surface area contributed by atoms with Crippen molar-refractivity contribution in [3.63, 3.8) is 0 Å². The van der Waals surface area contributed by atoms with Gasteiger partial charge in [-0.1, -0.05) is 67.8 Å². The van der Waals surface area contributed by atoms with E-state index >= 15 is 0 Å². The van der Waals surface area contributed by atoms with Crippen molar-refractivity contribution in [3.05, 3.63) is 65.7 Å². The van der Waals surface area contributed by atoms with Crippen molar-refractivity contribution in [1.82, 2.24) is 4.90 Å². The summed E-state index contributed by atoms with van der Waals surface area (Å²) in [6, 6.07) is 18.5. The molecule has 0 bridgehead atoms. The first kappa shape index (κ1) is 17.7. The minimum Gasteiger partial charge on any atom is -0.325 e. The third-order valence-electron chi connectivity index (χ3n) is 4.84. The number of carbonyl (C=O) groups excluding carboxylic acids is 1. The molecule has 0 spiro atoms. The number of carbonyl (C=O) groups is 1. The molecule has 3 heteroatoms. The number of nitrogens with zero attached hydrogens (tertiary/aromatic N) is 1. The van der Waals surface area contributed by atoms with Gasteiger partial charge in [0.15, 0.2) is 0 Å². The van der Waals surface area contributed by atoms with E-state index in [2.05, 4.69) is 40.5 Å². The lowest BCUT2D eigenvalue weighted by Crippen LogP contribution is -2.35. The van der Waals surface area contributed by atoms with Gasteiger partial charge in [0.1, 0.15) is 0 Å². The molecular formula is C22H28N2O. The minimum atomic E-state index is 0.0982. The summed E-state index contributed by atoms with van der Waals surface area (Å²) in [6.45, 7) is 2.58. The second-order valence-corrected chi connectivity index (χ2v) is 6.91. The molecule has 1 fully saturated rings. The Morgan fingerprint density at radius 1 is 0.840 bits per heavy atom. The highest BCUT2D eigenvalue weighted by atomic mass is 16.2. The van der Waals surface area contributed by atoms with Gasteiger partial charge in [0.25, 0.3) is 0 Å². The van der Waals surface area contributed by atoms with Gasteiger partial charge in [-0.3, -0.25) is 9.69 Å². The molecule has 0 aromatic heterocycles. The fourth-order valence-corrected chi connectivity index (χ4v) is 3.48. The van der Waals surface area contributed by atoms with Crippen molar-refractivity contribution in [3.8, 4) is 0 Å². The predicted octanol–water partition coefficient (Wildman–Crippen LogP) is 4.48. The van der Waals surface area contributed by atoms with Crippen LogP contribution in [0.15, 0.2) is 54.6 Å². The zero-order chi connectivity index (χ0) is 17.3. The third kappa shape index (κ3) is 5.71. The summed E-state index contributed by atoms with van der Waals surface area (Å²) in [4.78, 5) is 14.8. The summed E-state index contributed by atoms with van der Waals surface area (Å²) in [7, 11) is 0. The molecule has 132 valence electrons. The summed E-state index contributed by atoms with van der Waals surface area (Å²) in [5, 5.41) is 3.13. The first-order valence-electron chi connectivity index (χ1n) is 9.45. The number of rotatable bonds is 5. The summed E-state index contributed by atoms with van der Waals surface area (Å²) >= 11 is 0. The first-order chi connectivity index (χ1) is 12.3. The van der Waals surface area contributed by atoms with Crippen LogP contribution >= 0.6 is 0 Å². The zero-order valence-corrected chi connectivity index (χ0v) is 14.9. The van der Waals surface area contributed by atoms with Crippen molar-refractivity contribution >= 4 is 11.6 Å². The fourth-order valence-electron chi connectivity index (χ4n) is 3.48. The quantitative estimate of drug-likeness (QED) is 0.873. The average Bonchev–Trinajstić information content (AvgIpc) is 2.60. The molecule has 3 rings (SSSR count). The van der Waals surface area contributed by atoms with Crippen LogP contribution in [0.1, 0.15) is 43.2 Å². The van der Waals surface area contributed by atoms with Gasteiger partial charge < -0.3 is 5.32 Å². The molecule has 3 nitrogen and oxygen atoms in total. The number of anilines is 1. The molecule has 0 radical (unpaired) electrons. The molecule has 2 aromatic carbocycles. The lowest BCUT2D eigenvalue weighted by molar-refractivity contribution is -0.117. The Bertz CT molecular complexity index is 661. The van der Waals surface area contributed by atoms with Crippen molar-refractivity contribution < 1.29 is 4.79 Å². The van der Waals surface area contributed by atoms with Crippen LogP contribution in [0.5, 0.6) is 0 Å². The number of para-hydroxylation sites is 1. The van der Waals surface area contributed by atoms with Crippen LogP contribution < -0.4 is 5.32 Å². The Kier molecular flexibility index (Phi) is 6.63. The number of nitrogens with one attached hydrogen (secondary N) is 1. The van der Waals surface area contributed by atoms with Gasteiger partial charge in [-0.15, -0.1) is 0 Å². The highest BCUT2D eigenvalue weighted by molar-refractivity contribution is 5.93. The van der Waals surface area contributed by atoms with Gasteiger partial charge >= 0.3 is 0 Å². The normalized spacial score (nSPS) is 16.0. The SMILES string of the molecule is O=C(CN1CCCCCCC1)Nc1ccccc1Cc1ccccc1. The summed E-state index contributed by atoms with van der Waals surface area (Å²) in [5.41, 5.74) is 3.35. The van der Waals surface area contributed by atoms with Gasteiger partial charge in [0.05, 0.1) is 6.54 Å². The molecule has 25 heavy (non-hydrogen) atoms. The van der Waals surface area contributed by atoms with Crippen molar-refractivity contribution in [2.75, 3.05) is 25.0 Å². The van der Waals surface area contributed by atoms with Gasteiger partial charge in [0, 0.05) is 5.69 Å². The van der Waals surface area contributed by atoms with Crippen molar-refractivity contribution in [1.29, 1.82) is 0 Å². The standard InChI is InChI=1S/C22H28N2O/c25-22(18-24-15-9-2-1-3-10-16-24)23-21-14-8-7-13-20(21)17-19-11-5-4-6-12-19/h4-8,11-14H,1-3,9-10,15-18H2,(H,23,25). The van der Waals surface area contributed by atoms with Crippen molar-refractivity contribution in [2.24, 2.45) is 0 Å². The minimum absolute atomic E-state index is 0.0982. The molecular weight excluding hydrogens is 308 g/mol. The molecule has 1 amide bonds. The Labute approximate surface area is 151 Å². The highest BCUT2D eigenvalue weighted by Crippen LogP contribution is 2.19. The van der Waals surface area contributed by atoms with E-state index in [9.17, 15) is 4.79 Å². The van der Waals surface area contributed by atoms with E-state index in [0.717, 1.165) is 30.8 Å². The Morgan fingerprint density at radius 2 is 1.48 bits per heavy atom. The van der Waals surface area contributed by atoms with Gasteiger partial charge in [0.2, 0.25) is 5.91 Å². The second-order valence-electron chi connectivity index (χ2n) is 6.91. The summed E-state index contributed by atoms with van der Waals surface area (Å²) in [5.74, 6) is 0.0982. The van der Waals surface area contributed by atoms with E-state index in [-0.39, 0.29) is 5.91 Å². The summed E-state index contributed by atoms with van der Waals surface area (Å²) < 4.78 is 0. The second kappa shape index (κ2) is 9.38. The molecule has 1 N–H and O–H groups in total. The lowest BCUT2D eigenvalue weighted by Gasteiger charge is -2.24. The largest absolute Gasteiger partial charge is 0.325 e. The van der Waals surface area contributed by atoms with E-state index in [1.54, 1.807) is 0 Å². The van der Waals surface area contributed by atoms with E-state index in [4.69, 9.17) is 0 Å². The maximum Gasteiger partial charge on any atom is 0.238 e. The average molecular weight is 336 g/mol. The summed E-state index contributed by atoms with van der Waals surface area (Å²) in [6.07, 6.45) is 7.17. The molecule has 2 aromatic rings. The van der Waals surface area contributed by atoms with Gasteiger partial charge in [-0.25, -0.2) is 0 Å². The topological polar surface area (TPSA) is 32.3 Å². The van der Waals surface area contributed by atoms with Gasteiger partial charge in [-0.05, 0) is 49.5 Å². The molecule has 0 saturated carbocycles. The third-order valence-corrected chi connectivity index (χ3v) is 4.84. The van der Waals surface area contributed by atoms with Crippen LogP contribution in [0.4, 0.5) is 5.69 Å². The molecule has 0 aliphatic carbocycles. The molecule has 1 aliphatic rings. The Morgan fingerprint density at radius 3 is 2.24 bits per heavy atom. The maximum absolute atomic E-state index is 12.5. The van der Waals surface area contributed by atoms with Gasteiger partial charge in [-0.2, -0.15) is 0 Å².